The van der Waals surface area contributed by atoms with E-state index in [0.29, 0.717) is 24.3 Å². The first-order valence-electron chi connectivity index (χ1n) is 8.94. The fourth-order valence-corrected chi connectivity index (χ4v) is 4.30. The zero-order valence-electron chi connectivity index (χ0n) is 14.9. The molecule has 134 valence electrons. The number of esters is 1. The average molecular weight is 343 g/mol. The van der Waals surface area contributed by atoms with E-state index in [2.05, 4.69) is 13.0 Å². The summed E-state index contributed by atoms with van der Waals surface area (Å²) in [4.78, 5) is 23.1. The highest BCUT2D eigenvalue weighted by atomic mass is 16.5. The van der Waals surface area contributed by atoms with Gasteiger partial charge in [0.2, 0.25) is 0 Å². The second-order valence-corrected chi connectivity index (χ2v) is 6.95. The molecule has 25 heavy (non-hydrogen) atoms. The molecule has 3 N–H and O–H groups in total. The van der Waals surface area contributed by atoms with Gasteiger partial charge >= 0.3 is 11.9 Å². The number of allylic oxidation sites excluding steroid dienone is 2. The highest BCUT2D eigenvalue weighted by molar-refractivity contribution is 6.00. The molecule has 1 saturated carbocycles. The van der Waals surface area contributed by atoms with Crippen molar-refractivity contribution in [3.63, 3.8) is 0 Å². The summed E-state index contributed by atoms with van der Waals surface area (Å²) < 4.78 is 5.18. The van der Waals surface area contributed by atoms with Crippen molar-refractivity contribution in [1.29, 1.82) is 0 Å². The number of rotatable bonds is 5. The molecule has 0 aromatic heterocycles. The van der Waals surface area contributed by atoms with E-state index >= 15 is 0 Å². The molecule has 1 fully saturated rings. The summed E-state index contributed by atoms with van der Waals surface area (Å²) >= 11 is 0. The first-order chi connectivity index (χ1) is 11.9. The van der Waals surface area contributed by atoms with Gasteiger partial charge in [-0.3, -0.25) is 4.79 Å². The molecule has 5 heteroatoms. The maximum Gasteiger partial charge on any atom is 0.341 e. The summed E-state index contributed by atoms with van der Waals surface area (Å²) in [5, 5.41) is 9.08. The zero-order chi connectivity index (χ0) is 18.1. The maximum absolute atomic E-state index is 12.0. The van der Waals surface area contributed by atoms with Crippen molar-refractivity contribution in [1.82, 2.24) is 0 Å². The first kappa shape index (κ1) is 17.5. The lowest BCUT2D eigenvalue weighted by Crippen LogP contribution is -2.10. The van der Waals surface area contributed by atoms with Gasteiger partial charge in [-0.05, 0) is 61.6 Å². The number of carbonyl (C=O) groups is 2. The molecule has 1 heterocycles. The van der Waals surface area contributed by atoms with E-state index in [0.717, 1.165) is 42.4 Å². The molecular weight excluding hydrogens is 318 g/mol. The Kier molecular flexibility index (Phi) is 4.84. The number of fused-ring (bicyclic) bond motifs is 1. The van der Waals surface area contributed by atoms with Crippen LogP contribution in [-0.4, -0.2) is 17.0 Å². The van der Waals surface area contributed by atoms with Crippen LogP contribution in [0.2, 0.25) is 0 Å². The van der Waals surface area contributed by atoms with Crippen LogP contribution >= 0.6 is 0 Å². The van der Waals surface area contributed by atoms with Crippen LogP contribution in [0.1, 0.15) is 65.2 Å². The largest absolute Gasteiger partial charge is 0.481 e. The third kappa shape index (κ3) is 3.15. The fourth-order valence-electron chi connectivity index (χ4n) is 4.30. The van der Waals surface area contributed by atoms with Gasteiger partial charge in [0.25, 0.3) is 0 Å². The second-order valence-electron chi connectivity index (χ2n) is 6.95. The summed E-state index contributed by atoms with van der Waals surface area (Å²) in [6, 6.07) is 0. The normalized spacial score (nSPS) is 20.8. The van der Waals surface area contributed by atoms with Crippen LogP contribution in [-0.2, 0) is 29.0 Å². The van der Waals surface area contributed by atoms with Crippen molar-refractivity contribution in [3.8, 4) is 0 Å². The summed E-state index contributed by atoms with van der Waals surface area (Å²) in [7, 11) is 0. The first-order valence-corrected chi connectivity index (χ1v) is 8.94. The highest BCUT2D eigenvalue weighted by Crippen LogP contribution is 2.37. The van der Waals surface area contributed by atoms with Gasteiger partial charge < -0.3 is 15.6 Å². The maximum atomic E-state index is 12.0. The van der Waals surface area contributed by atoms with Gasteiger partial charge in [0, 0.05) is 5.56 Å². The summed E-state index contributed by atoms with van der Waals surface area (Å²) in [5.41, 5.74) is 12.8. The number of nitrogens with two attached hydrogens (primary N) is 1. The van der Waals surface area contributed by atoms with Gasteiger partial charge in [0.1, 0.15) is 6.61 Å². The van der Waals surface area contributed by atoms with Crippen LogP contribution in [0.15, 0.2) is 11.6 Å². The second kappa shape index (κ2) is 6.90. The number of hydrogen-bond donors (Lipinski definition) is 2. The molecule has 1 aliphatic carbocycles. The lowest BCUT2D eigenvalue weighted by atomic mass is 9.87. The summed E-state index contributed by atoms with van der Waals surface area (Å²) in [6.45, 7) is 4.42. The number of carbonyl (C=O) groups excluding carboxylic acids is 1. The van der Waals surface area contributed by atoms with Crippen LogP contribution in [0.5, 0.6) is 0 Å². The SMILES string of the molecule is CCc1c(C)c2c(c(N)c1C/C=C1\CCCC1CC(=O)O)C(=O)OC2. The monoisotopic (exact) mass is 343 g/mol. The number of ether oxygens (including phenoxy) is 1. The van der Waals surface area contributed by atoms with E-state index in [1.54, 1.807) is 0 Å². The number of benzene rings is 1. The molecule has 0 amide bonds. The highest BCUT2D eigenvalue weighted by Gasteiger charge is 2.30. The summed E-state index contributed by atoms with van der Waals surface area (Å²) in [6.07, 6.45) is 6.73. The van der Waals surface area contributed by atoms with Gasteiger partial charge in [0.05, 0.1) is 17.7 Å². The Morgan fingerprint density at radius 3 is 2.84 bits per heavy atom. The standard InChI is InChI=1S/C20H25NO4/c1-3-14-11(2)16-10-25-20(24)18(16)19(21)15(14)8-7-12-5-4-6-13(12)9-17(22)23/h7,13H,3-6,8-10,21H2,1-2H3,(H,22,23)/b12-7+. The molecule has 2 aliphatic rings. The van der Waals surface area contributed by atoms with Crippen molar-refractivity contribution in [2.24, 2.45) is 5.92 Å². The number of hydrogen-bond acceptors (Lipinski definition) is 4. The number of carboxylic acid groups (broad SMARTS) is 1. The van der Waals surface area contributed by atoms with E-state index in [-0.39, 0.29) is 18.3 Å². The lowest BCUT2D eigenvalue weighted by Gasteiger charge is -2.17. The van der Waals surface area contributed by atoms with E-state index < -0.39 is 5.97 Å². The van der Waals surface area contributed by atoms with Crippen molar-refractivity contribution in [2.45, 2.75) is 59.0 Å². The van der Waals surface area contributed by atoms with E-state index in [1.165, 1.54) is 11.1 Å². The predicted molar refractivity (Wildman–Crippen MR) is 95.5 cm³/mol. The topological polar surface area (TPSA) is 89.6 Å². The Labute approximate surface area is 147 Å². The number of cyclic esters (lactones) is 1. The quantitative estimate of drug-likeness (QED) is 0.485. The van der Waals surface area contributed by atoms with Crippen molar-refractivity contribution in [2.75, 3.05) is 5.73 Å². The van der Waals surface area contributed by atoms with E-state index in [9.17, 15) is 9.59 Å². The van der Waals surface area contributed by atoms with Crippen LogP contribution in [0, 0.1) is 12.8 Å². The van der Waals surface area contributed by atoms with Crippen molar-refractivity contribution < 1.29 is 19.4 Å². The number of nitrogen functional groups attached to an aromatic ring is 1. The van der Waals surface area contributed by atoms with Gasteiger partial charge in [-0.2, -0.15) is 0 Å². The van der Waals surface area contributed by atoms with Gasteiger partial charge in [-0.25, -0.2) is 4.79 Å². The average Bonchev–Trinajstić information content (AvgIpc) is 3.15. The third-order valence-corrected chi connectivity index (χ3v) is 5.60. The molecule has 0 spiro atoms. The van der Waals surface area contributed by atoms with Gasteiger partial charge in [-0.1, -0.05) is 18.6 Å². The predicted octanol–water partition coefficient (Wildman–Crippen LogP) is 3.55. The van der Waals surface area contributed by atoms with Gasteiger partial charge in [-0.15, -0.1) is 0 Å². The van der Waals surface area contributed by atoms with Crippen molar-refractivity contribution in [3.05, 3.63) is 39.5 Å². The molecule has 3 rings (SSSR count). The molecule has 1 unspecified atom stereocenters. The van der Waals surface area contributed by atoms with Crippen LogP contribution < -0.4 is 5.73 Å². The minimum atomic E-state index is -0.748. The van der Waals surface area contributed by atoms with E-state index in [4.69, 9.17) is 15.6 Å². The number of anilines is 1. The number of aliphatic carboxylic acids is 1. The van der Waals surface area contributed by atoms with Crippen LogP contribution in [0.3, 0.4) is 0 Å². The van der Waals surface area contributed by atoms with Crippen LogP contribution in [0.25, 0.3) is 0 Å². The Bertz CT molecular complexity index is 764. The molecule has 0 saturated heterocycles. The fraction of sp³-hybridized carbons (Fsp3) is 0.500. The number of carboxylic acids is 1. The zero-order valence-corrected chi connectivity index (χ0v) is 14.9. The van der Waals surface area contributed by atoms with Crippen molar-refractivity contribution >= 4 is 17.6 Å². The van der Waals surface area contributed by atoms with E-state index in [1.807, 2.05) is 6.92 Å². The Hall–Kier alpha value is -2.30. The molecule has 1 aromatic rings. The van der Waals surface area contributed by atoms with Gasteiger partial charge in [0.15, 0.2) is 0 Å². The smallest absolute Gasteiger partial charge is 0.341 e. The summed E-state index contributed by atoms with van der Waals surface area (Å²) in [5.74, 6) is -0.955. The molecular formula is C20H25NO4. The lowest BCUT2D eigenvalue weighted by molar-refractivity contribution is -0.137. The molecule has 1 aliphatic heterocycles. The minimum Gasteiger partial charge on any atom is -0.481 e. The third-order valence-electron chi connectivity index (χ3n) is 5.60. The minimum absolute atomic E-state index is 0.129. The Morgan fingerprint density at radius 1 is 1.40 bits per heavy atom. The van der Waals surface area contributed by atoms with Crippen LogP contribution in [0.4, 0.5) is 5.69 Å². The molecule has 5 nitrogen and oxygen atoms in total. The Balaban J connectivity index is 1.96. The molecule has 0 bridgehead atoms. The molecule has 0 radical (unpaired) electrons. The Morgan fingerprint density at radius 2 is 2.16 bits per heavy atom. The molecule has 1 atom stereocenters. The molecule has 1 aromatic carbocycles.